The van der Waals surface area contributed by atoms with Crippen molar-refractivity contribution >= 4 is 21.6 Å². The number of sulfonamides is 1. The molecular formula is C13H20ClNO2S. The summed E-state index contributed by atoms with van der Waals surface area (Å²) in [6.07, 6.45) is 0.769. The van der Waals surface area contributed by atoms with Crippen molar-refractivity contribution in [3.05, 3.63) is 29.8 Å². The summed E-state index contributed by atoms with van der Waals surface area (Å²) in [4.78, 5) is 0.309. The van der Waals surface area contributed by atoms with Gasteiger partial charge in [0.1, 0.15) is 0 Å². The van der Waals surface area contributed by atoms with Crippen LogP contribution in [0.3, 0.4) is 0 Å². The second-order valence-corrected chi connectivity index (χ2v) is 7.39. The van der Waals surface area contributed by atoms with Crippen molar-refractivity contribution in [3.63, 3.8) is 0 Å². The Bertz CT molecular complexity index is 497. The lowest BCUT2D eigenvalue weighted by Gasteiger charge is -2.23. The topological polar surface area (TPSA) is 46.2 Å². The fraction of sp³-hybridized carbons (Fsp3) is 0.538. The van der Waals surface area contributed by atoms with Crippen LogP contribution in [-0.4, -0.2) is 20.8 Å². The van der Waals surface area contributed by atoms with E-state index in [1.807, 2.05) is 26.8 Å². The Morgan fingerprint density at radius 2 is 2.00 bits per heavy atom. The third kappa shape index (κ3) is 4.59. The van der Waals surface area contributed by atoms with Crippen LogP contribution in [0.25, 0.3) is 0 Å². The Kier molecular flexibility index (Phi) is 5.20. The molecule has 0 aliphatic heterocycles. The van der Waals surface area contributed by atoms with Gasteiger partial charge in [-0.3, -0.25) is 0 Å². The predicted molar refractivity (Wildman–Crippen MR) is 75.5 cm³/mol. The van der Waals surface area contributed by atoms with Gasteiger partial charge in [-0.15, -0.1) is 11.6 Å². The molecule has 0 spiro atoms. The minimum atomic E-state index is -3.43. The van der Waals surface area contributed by atoms with Crippen molar-refractivity contribution in [1.29, 1.82) is 0 Å². The molecular weight excluding hydrogens is 270 g/mol. The molecule has 0 saturated carbocycles. The zero-order valence-corrected chi connectivity index (χ0v) is 12.6. The van der Waals surface area contributed by atoms with Crippen molar-refractivity contribution in [1.82, 2.24) is 4.72 Å². The summed E-state index contributed by atoms with van der Waals surface area (Å²) in [5, 5.41) is 0. The molecule has 102 valence electrons. The van der Waals surface area contributed by atoms with Gasteiger partial charge in [0, 0.05) is 12.4 Å². The lowest BCUT2D eigenvalue weighted by atomic mass is 9.91. The van der Waals surface area contributed by atoms with Gasteiger partial charge in [0.2, 0.25) is 10.0 Å². The third-order valence-electron chi connectivity index (χ3n) is 2.81. The molecule has 1 aromatic rings. The maximum atomic E-state index is 12.1. The van der Waals surface area contributed by atoms with Crippen molar-refractivity contribution in [2.45, 2.75) is 32.1 Å². The Morgan fingerprint density at radius 1 is 1.33 bits per heavy atom. The molecule has 0 fully saturated rings. The molecule has 3 nitrogen and oxygen atoms in total. The molecule has 0 aromatic heterocycles. The van der Waals surface area contributed by atoms with Gasteiger partial charge in [-0.1, -0.05) is 26.0 Å². The molecule has 0 atom stereocenters. The number of aryl methyl sites for hydroxylation is 1. The van der Waals surface area contributed by atoms with Crippen LogP contribution in [0.5, 0.6) is 0 Å². The summed E-state index contributed by atoms with van der Waals surface area (Å²) in [5.41, 5.74) is 0.788. The fourth-order valence-electron chi connectivity index (χ4n) is 1.50. The Morgan fingerprint density at radius 3 is 2.56 bits per heavy atom. The molecule has 0 aliphatic rings. The van der Waals surface area contributed by atoms with E-state index in [4.69, 9.17) is 11.6 Å². The van der Waals surface area contributed by atoms with E-state index in [0.29, 0.717) is 17.3 Å². The van der Waals surface area contributed by atoms with Crippen LogP contribution in [0.15, 0.2) is 29.2 Å². The smallest absolute Gasteiger partial charge is 0.211 e. The SMILES string of the molecule is Cc1cccc(S(=O)(=O)NCC(C)(C)CCCl)c1. The first-order valence-corrected chi connectivity index (χ1v) is 7.91. The Labute approximate surface area is 115 Å². The highest BCUT2D eigenvalue weighted by molar-refractivity contribution is 7.89. The third-order valence-corrected chi connectivity index (χ3v) is 4.40. The molecule has 5 heteroatoms. The van der Waals surface area contributed by atoms with Crippen LogP contribution in [0.2, 0.25) is 0 Å². The lowest BCUT2D eigenvalue weighted by Crippen LogP contribution is -2.34. The standard InChI is InChI=1S/C13H20ClNO2S/c1-11-5-4-6-12(9-11)18(16,17)15-10-13(2,3)7-8-14/h4-6,9,15H,7-8,10H2,1-3H3. The maximum absolute atomic E-state index is 12.1. The molecule has 0 amide bonds. The van der Waals surface area contributed by atoms with E-state index in [2.05, 4.69) is 4.72 Å². The van der Waals surface area contributed by atoms with E-state index in [-0.39, 0.29) is 5.41 Å². The lowest BCUT2D eigenvalue weighted by molar-refractivity contribution is 0.352. The Hall–Kier alpha value is -0.580. The zero-order valence-electron chi connectivity index (χ0n) is 11.0. The van der Waals surface area contributed by atoms with Gasteiger partial charge in [-0.25, -0.2) is 13.1 Å². The zero-order chi connectivity index (χ0) is 13.8. The molecule has 1 N–H and O–H groups in total. The van der Waals surface area contributed by atoms with Crippen LogP contribution < -0.4 is 4.72 Å². The number of nitrogens with one attached hydrogen (secondary N) is 1. The van der Waals surface area contributed by atoms with E-state index < -0.39 is 10.0 Å². The molecule has 1 rings (SSSR count). The number of halogens is 1. The van der Waals surface area contributed by atoms with Crippen LogP contribution in [0.1, 0.15) is 25.8 Å². The highest BCUT2D eigenvalue weighted by atomic mass is 35.5. The summed E-state index contributed by atoms with van der Waals surface area (Å²) < 4.78 is 26.8. The molecule has 0 heterocycles. The van der Waals surface area contributed by atoms with Gasteiger partial charge in [0.05, 0.1) is 4.90 Å². The highest BCUT2D eigenvalue weighted by Gasteiger charge is 2.21. The largest absolute Gasteiger partial charge is 0.240 e. The Balaban J connectivity index is 2.78. The number of alkyl halides is 1. The first-order chi connectivity index (χ1) is 8.27. The highest BCUT2D eigenvalue weighted by Crippen LogP contribution is 2.21. The van der Waals surface area contributed by atoms with Crippen LogP contribution in [0.4, 0.5) is 0 Å². The quantitative estimate of drug-likeness (QED) is 0.819. The van der Waals surface area contributed by atoms with Gasteiger partial charge in [-0.2, -0.15) is 0 Å². The second kappa shape index (κ2) is 6.04. The molecule has 0 unspecified atom stereocenters. The summed E-state index contributed by atoms with van der Waals surface area (Å²) in [6.45, 7) is 6.24. The van der Waals surface area contributed by atoms with E-state index in [1.165, 1.54) is 0 Å². The molecule has 0 radical (unpaired) electrons. The number of rotatable bonds is 6. The summed E-state index contributed by atoms with van der Waals surface area (Å²) in [6, 6.07) is 6.88. The van der Waals surface area contributed by atoms with E-state index in [0.717, 1.165) is 12.0 Å². The van der Waals surface area contributed by atoms with Gasteiger partial charge in [0.25, 0.3) is 0 Å². The normalized spacial score (nSPS) is 12.7. The first-order valence-electron chi connectivity index (χ1n) is 5.89. The summed E-state index contributed by atoms with van der Waals surface area (Å²) in [5.74, 6) is 0.527. The second-order valence-electron chi connectivity index (χ2n) is 5.24. The molecule has 1 aromatic carbocycles. The maximum Gasteiger partial charge on any atom is 0.240 e. The summed E-state index contributed by atoms with van der Waals surface area (Å²) >= 11 is 5.70. The van der Waals surface area contributed by atoms with Gasteiger partial charge < -0.3 is 0 Å². The van der Waals surface area contributed by atoms with Crippen molar-refractivity contribution in [2.75, 3.05) is 12.4 Å². The first kappa shape index (κ1) is 15.5. The van der Waals surface area contributed by atoms with Gasteiger partial charge in [-0.05, 0) is 36.5 Å². The molecule has 0 bridgehead atoms. The number of benzene rings is 1. The van der Waals surface area contributed by atoms with Crippen molar-refractivity contribution < 1.29 is 8.42 Å². The number of hydrogen-bond acceptors (Lipinski definition) is 2. The monoisotopic (exact) mass is 289 g/mol. The van der Waals surface area contributed by atoms with E-state index in [1.54, 1.807) is 18.2 Å². The minimum absolute atomic E-state index is 0.140. The molecule has 0 saturated heterocycles. The number of hydrogen-bond donors (Lipinski definition) is 1. The van der Waals surface area contributed by atoms with Gasteiger partial charge >= 0.3 is 0 Å². The van der Waals surface area contributed by atoms with E-state index >= 15 is 0 Å². The molecule has 18 heavy (non-hydrogen) atoms. The predicted octanol–water partition coefficient (Wildman–Crippen LogP) is 2.93. The van der Waals surface area contributed by atoms with Crippen LogP contribution in [0, 0.1) is 12.3 Å². The van der Waals surface area contributed by atoms with Crippen LogP contribution >= 0.6 is 11.6 Å². The van der Waals surface area contributed by atoms with Crippen LogP contribution in [-0.2, 0) is 10.0 Å². The average molecular weight is 290 g/mol. The molecule has 0 aliphatic carbocycles. The van der Waals surface area contributed by atoms with Crippen molar-refractivity contribution in [3.8, 4) is 0 Å². The van der Waals surface area contributed by atoms with E-state index in [9.17, 15) is 8.42 Å². The van der Waals surface area contributed by atoms with Crippen molar-refractivity contribution in [2.24, 2.45) is 5.41 Å². The fourth-order valence-corrected chi connectivity index (χ4v) is 3.36. The average Bonchev–Trinajstić information content (AvgIpc) is 2.27. The van der Waals surface area contributed by atoms with Gasteiger partial charge in [0.15, 0.2) is 0 Å². The minimum Gasteiger partial charge on any atom is -0.211 e. The summed E-state index contributed by atoms with van der Waals surface area (Å²) in [7, 11) is -3.43.